The van der Waals surface area contributed by atoms with E-state index in [0.29, 0.717) is 0 Å². The standard InChI is InChI=1S/C8H16.C2H6/c1-6-4-5-7(2)8(6)3;1-2/h6-8H,4-5H2,1-3H3;1-2H3. The van der Waals surface area contributed by atoms with E-state index < -0.39 is 0 Å². The predicted octanol–water partition coefficient (Wildman–Crippen LogP) is 3.71. The predicted molar refractivity (Wildman–Crippen MR) is 48.1 cm³/mol. The van der Waals surface area contributed by atoms with Gasteiger partial charge in [0.05, 0.1) is 0 Å². The number of hydrogen-bond acceptors (Lipinski definition) is 0. The molecule has 0 aromatic rings. The van der Waals surface area contributed by atoms with Crippen LogP contribution in [0.5, 0.6) is 0 Å². The van der Waals surface area contributed by atoms with Gasteiger partial charge < -0.3 is 0 Å². The molecule has 1 aliphatic rings. The molecule has 1 fully saturated rings. The van der Waals surface area contributed by atoms with Gasteiger partial charge in [-0.05, 0) is 17.8 Å². The van der Waals surface area contributed by atoms with Crippen molar-refractivity contribution < 1.29 is 0 Å². The molecule has 62 valence electrons. The minimum absolute atomic E-state index is 0.981. The molecule has 0 aromatic heterocycles. The largest absolute Gasteiger partial charge is 0.0683 e. The van der Waals surface area contributed by atoms with Gasteiger partial charge in [-0.2, -0.15) is 0 Å². The van der Waals surface area contributed by atoms with Crippen LogP contribution in [0.15, 0.2) is 0 Å². The molecule has 0 saturated heterocycles. The summed E-state index contributed by atoms with van der Waals surface area (Å²) in [5.41, 5.74) is 0. The molecule has 2 unspecified atom stereocenters. The third-order valence-corrected chi connectivity index (χ3v) is 2.87. The van der Waals surface area contributed by atoms with Crippen LogP contribution >= 0.6 is 0 Å². The third kappa shape index (κ3) is 2.32. The topological polar surface area (TPSA) is 0 Å². The lowest BCUT2D eigenvalue weighted by atomic mass is 9.94. The molecule has 0 heteroatoms. The first-order valence-corrected chi connectivity index (χ1v) is 4.72. The Bertz CT molecular complexity index is 66.1. The molecule has 0 amide bonds. The molecule has 10 heavy (non-hydrogen) atoms. The molecule has 1 saturated carbocycles. The molecule has 0 radical (unpaired) electrons. The number of hydrogen-bond donors (Lipinski definition) is 0. The van der Waals surface area contributed by atoms with Gasteiger partial charge in [0.2, 0.25) is 0 Å². The Kier molecular flexibility index (Phi) is 4.76. The fourth-order valence-electron chi connectivity index (χ4n) is 1.61. The summed E-state index contributed by atoms with van der Waals surface area (Å²) in [6.07, 6.45) is 2.92. The maximum Gasteiger partial charge on any atom is -0.0391 e. The lowest BCUT2D eigenvalue weighted by Gasteiger charge is -2.11. The maximum atomic E-state index is 2.38. The summed E-state index contributed by atoms with van der Waals surface area (Å²) in [5, 5.41) is 0. The Hall–Kier alpha value is 0. The monoisotopic (exact) mass is 142 g/mol. The van der Waals surface area contributed by atoms with E-state index >= 15 is 0 Å². The van der Waals surface area contributed by atoms with Crippen molar-refractivity contribution in [3.63, 3.8) is 0 Å². The first-order chi connectivity index (χ1) is 4.72. The van der Waals surface area contributed by atoms with Crippen LogP contribution in [0.1, 0.15) is 47.5 Å². The minimum Gasteiger partial charge on any atom is -0.0683 e. The van der Waals surface area contributed by atoms with Crippen molar-refractivity contribution in [2.45, 2.75) is 47.5 Å². The van der Waals surface area contributed by atoms with Gasteiger partial charge in [-0.15, -0.1) is 0 Å². The highest BCUT2D eigenvalue weighted by Crippen LogP contribution is 2.35. The Morgan fingerprint density at radius 2 is 1.10 bits per heavy atom. The number of rotatable bonds is 0. The summed E-state index contributed by atoms with van der Waals surface area (Å²) in [6.45, 7) is 11.1. The molecule has 0 aromatic carbocycles. The fraction of sp³-hybridized carbons (Fsp3) is 1.00. The van der Waals surface area contributed by atoms with Crippen LogP contribution in [0.4, 0.5) is 0 Å². The van der Waals surface area contributed by atoms with Gasteiger partial charge in [0.25, 0.3) is 0 Å². The highest BCUT2D eigenvalue weighted by molar-refractivity contribution is 4.75. The molecular formula is C10H22. The summed E-state index contributed by atoms with van der Waals surface area (Å²) in [7, 11) is 0. The van der Waals surface area contributed by atoms with Crippen LogP contribution < -0.4 is 0 Å². The molecule has 0 aliphatic heterocycles. The van der Waals surface area contributed by atoms with E-state index in [0.717, 1.165) is 17.8 Å². The zero-order valence-electron chi connectivity index (χ0n) is 8.15. The first kappa shape index (κ1) is 10.0. The second kappa shape index (κ2) is 4.76. The highest BCUT2D eigenvalue weighted by atomic mass is 14.3. The van der Waals surface area contributed by atoms with Crippen LogP contribution in [0, 0.1) is 17.8 Å². The van der Waals surface area contributed by atoms with E-state index in [1.165, 1.54) is 12.8 Å². The molecule has 0 bridgehead atoms. The summed E-state index contributed by atoms with van der Waals surface area (Å²) < 4.78 is 0. The van der Waals surface area contributed by atoms with E-state index in [2.05, 4.69) is 20.8 Å². The molecular weight excluding hydrogens is 120 g/mol. The lowest BCUT2D eigenvalue weighted by Crippen LogP contribution is -2.04. The quantitative estimate of drug-likeness (QED) is 0.483. The van der Waals surface area contributed by atoms with Crippen molar-refractivity contribution in [3.8, 4) is 0 Å². The first-order valence-electron chi connectivity index (χ1n) is 4.72. The summed E-state index contributed by atoms with van der Waals surface area (Å²) >= 11 is 0. The van der Waals surface area contributed by atoms with Crippen LogP contribution in [0.25, 0.3) is 0 Å². The molecule has 2 atom stereocenters. The van der Waals surface area contributed by atoms with Gasteiger partial charge in [-0.25, -0.2) is 0 Å². The zero-order valence-corrected chi connectivity index (χ0v) is 8.15. The van der Waals surface area contributed by atoms with Crippen molar-refractivity contribution in [3.05, 3.63) is 0 Å². The molecule has 0 heterocycles. The van der Waals surface area contributed by atoms with Crippen LogP contribution in [0.2, 0.25) is 0 Å². The highest BCUT2D eigenvalue weighted by Gasteiger charge is 2.25. The zero-order chi connectivity index (χ0) is 8.15. The van der Waals surface area contributed by atoms with Crippen LogP contribution in [-0.2, 0) is 0 Å². The third-order valence-electron chi connectivity index (χ3n) is 2.87. The smallest absolute Gasteiger partial charge is 0.0391 e. The Balaban J connectivity index is 0.000000371. The average molecular weight is 142 g/mol. The average Bonchev–Trinajstić information content (AvgIpc) is 2.25. The lowest BCUT2D eigenvalue weighted by molar-refractivity contribution is 0.380. The van der Waals surface area contributed by atoms with Gasteiger partial charge >= 0.3 is 0 Å². The molecule has 0 nitrogen and oxygen atoms in total. The van der Waals surface area contributed by atoms with Crippen molar-refractivity contribution in [1.82, 2.24) is 0 Å². The Morgan fingerprint density at radius 3 is 1.20 bits per heavy atom. The van der Waals surface area contributed by atoms with Crippen molar-refractivity contribution in [2.75, 3.05) is 0 Å². The fourth-order valence-corrected chi connectivity index (χ4v) is 1.61. The molecule has 0 spiro atoms. The van der Waals surface area contributed by atoms with E-state index in [-0.39, 0.29) is 0 Å². The van der Waals surface area contributed by atoms with Gasteiger partial charge in [0.15, 0.2) is 0 Å². The van der Waals surface area contributed by atoms with Crippen molar-refractivity contribution in [2.24, 2.45) is 17.8 Å². The summed E-state index contributed by atoms with van der Waals surface area (Å²) in [4.78, 5) is 0. The molecule has 1 rings (SSSR count). The Morgan fingerprint density at radius 1 is 0.800 bits per heavy atom. The minimum atomic E-state index is 0.981. The molecule has 0 N–H and O–H groups in total. The van der Waals surface area contributed by atoms with E-state index in [1.54, 1.807) is 0 Å². The normalized spacial score (nSPS) is 38.7. The van der Waals surface area contributed by atoms with Gasteiger partial charge in [-0.3, -0.25) is 0 Å². The SMILES string of the molecule is CC.CC1CCC(C)C1C. The summed E-state index contributed by atoms with van der Waals surface area (Å²) in [6, 6.07) is 0. The van der Waals surface area contributed by atoms with E-state index in [1.807, 2.05) is 13.8 Å². The molecule has 1 aliphatic carbocycles. The van der Waals surface area contributed by atoms with Gasteiger partial charge in [-0.1, -0.05) is 47.5 Å². The Labute approximate surface area is 66.0 Å². The second-order valence-electron chi connectivity index (χ2n) is 3.39. The van der Waals surface area contributed by atoms with E-state index in [4.69, 9.17) is 0 Å². The van der Waals surface area contributed by atoms with Crippen molar-refractivity contribution >= 4 is 0 Å². The maximum absolute atomic E-state index is 2.38. The van der Waals surface area contributed by atoms with Crippen LogP contribution in [-0.4, -0.2) is 0 Å². The second-order valence-corrected chi connectivity index (χ2v) is 3.39. The van der Waals surface area contributed by atoms with Crippen molar-refractivity contribution in [1.29, 1.82) is 0 Å². The van der Waals surface area contributed by atoms with Gasteiger partial charge in [0, 0.05) is 0 Å². The summed E-state index contributed by atoms with van der Waals surface area (Å²) in [5.74, 6) is 2.96. The van der Waals surface area contributed by atoms with Gasteiger partial charge in [0.1, 0.15) is 0 Å². The van der Waals surface area contributed by atoms with E-state index in [9.17, 15) is 0 Å². The van der Waals surface area contributed by atoms with Crippen LogP contribution in [0.3, 0.4) is 0 Å².